The molecule has 0 radical (unpaired) electrons. The van der Waals surface area contributed by atoms with Gasteiger partial charge in [0.05, 0.1) is 6.10 Å². The van der Waals surface area contributed by atoms with Crippen molar-refractivity contribution in [2.45, 2.75) is 65.9 Å². The maximum absolute atomic E-state index is 10.8. The molecule has 0 aromatic carbocycles. The molecule has 0 aromatic rings. The molecule has 3 aliphatic carbocycles. The Morgan fingerprint density at radius 1 is 0.938 bits per heavy atom. The molecule has 5 atom stereocenters. The Morgan fingerprint density at radius 2 is 1.62 bits per heavy atom. The summed E-state index contributed by atoms with van der Waals surface area (Å²) < 4.78 is 0. The van der Waals surface area contributed by atoms with Crippen LogP contribution in [0, 0.1) is 28.1 Å². The van der Waals surface area contributed by atoms with E-state index in [0.29, 0.717) is 16.7 Å². The standard InChI is InChI=1S/C15H26O/c1-13(2)7-5-8-14(3)10-6-9-15(14,4)12(16)11(10)13/h10-12,16H,5-9H2,1-4H3/t10-,11-,12-,14+,15+/m0/s1. The predicted molar refractivity (Wildman–Crippen MR) is 66.1 cm³/mol. The first-order valence-corrected chi connectivity index (χ1v) is 7.01. The maximum atomic E-state index is 10.8. The third-order valence-electron chi connectivity index (χ3n) is 6.94. The molecule has 1 nitrogen and oxygen atoms in total. The van der Waals surface area contributed by atoms with Crippen LogP contribution in [0.4, 0.5) is 0 Å². The lowest BCUT2D eigenvalue weighted by Gasteiger charge is -2.44. The second kappa shape index (κ2) is 2.85. The monoisotopic (exact) mass is 222 g/mol. The molecule has 0 amide bonds. The SMILES string of the molecule is CC1(C)CCC[C@]2(C)[C@H]3CC[C@]2(C)[C@@H](O)[C@H]31. The lowest BCUT2D eigenvalue weighted by Crippen LogP contribution is -2.43. The first-order valence-electron chi connectivity index (χ1n) is 7.01. The third-order valence-corrected chi connectivity index (χ3v) is 6.94. The fourth-order valence-corrected chi connectivity index (χ4v) is 5.68. The molecule has 3 fully saturated rings. The van der Waals surface area contributed by atoms with Gasteiger partial charge in [0.25, 0.3) is 0 Å². The van der Waals surface area contributed by atoms with Gasteiger partial charge in [-0.25, -0.2) is 0 Å². The summed E-state index contributed by atoms with van der Waals surface area (Å²) in [6.07, 6.45) is 6.56. The van der Waals surface area contributed by atoms with Crippen molar-refractivity contribution < 1.29 is 5.11 Å². The van der Waals surface area contributed by atoms with E-state index < -0.39 is 0 Å². The van der Waals surface area contributed by atoms with Crippen LogP contribution < -0.4 is 0 Å². The molecular formula is C15H26O. The van der Waals surface area contributed by atoms with Gasteiger partial charge >= 0.3 is 0 Å². The van der Waals surface area contributed by atoms with Crippen molar-refractivity contribution in [1.29, 1.82) is 0 Å². The molecule has 0 unspecified atom stereocenters. The molecule has 1 N–H and O–H groups in total. The summed E-state index contributed by atoms with van der Waals surface area (Å²) in [5.41, 5.74) is 0.977. The number of rotatable bonds is 0. The molecule has 3 aliphatic rings. The third kappa shape index (κ3) is 0.978. The van der Waals surface area contributed by atoms with E-state index in [-0.39, 0.29) is 11.5 Å². The Balaban J connectivity index is 2.12. The van der Waals surface area contributed by atoms with Gasteiger partial charge in [0.15, 0.2) is 0 Å². The van der Waals surface area contributed by atoms with Crippen molar-refractivity contribution >= 4 is 0 Å². The summed E-state index contributed by atoms with van der Waals surface area (Å²) in [6.45, 7) is 9.60. The Morgan fingerprint density at radius 3 is 2.31 bits per heavy atom. The molecule has 0 spiro atoms. The van der Waals surface area contributed by atoms with E-state index in [9.17, 15) is 5.11 Å². The quantitative estimate of drug-likeness (QED) is 0.664. The number of hydrogen-bond acceptors (Lipinski definition) is 1. The van der Waals surface area contributed by atoms with Crippen molar-refractivity contribution in [2.75, 3.05) is 0 Å². The molecular weight excluding hydrogens is 196 g/mol. The largest absolute Gasteiger partial charge is 0.392 e. The van der Waals surface area contributed by atoms with Crippen LogP contribution in [0.25, 0.3) is 0 Å². The molecule has 3 saturated carbocycles. The maximum Gasteiger partial charge on any atom is 0.0635 e. The van der Waals surface area contributed by atoms with Crippen LogP contribution in [0.15, 0.2) is 0 Å². The van der Waals surface area contributed by atoms with Gasteiger partial charge < -0.3 is 5.11 Å². The minimum atomic E-state index is -0.0495. The van der Waals surface area contributed by atoms with Crippen molar-refractivity contribution in [3.8, 4) is 0 Å². The predicted octanol–water partition coefficient (Wildman–Crippen LogP) is 3.61. The zero-order valence-corrected chi connectivity index (χ0v) is 11.2. The van der Waals surface area contributed by atoms with Gasteiger partial charge in [-0.3, -0.25) is 0 Å². The van der Waals surface area contributed by atoms with Crippen molar-refractivity contribution in [1.82, 2.24) is 0 Å². The average molecular weight is 222 g/mol. The highest BCUT2D eigenvalue weighted by Gasteiger charge is 2.70. The highest BCUT2D eigenvalue weighted by atomic mass is 16.3. The Hall–Kier alpha value is -0.0400. The first-order chi connectivity index (χ1) is 7.33. The zero-order valence-electron chi connectivity index (χ0n) is 11.2. The normalized spacial score (nSPS) is 58.7. The van der Waals surface area contributed by atoms with Crippen LogP contribution in [0.2, 0.25) is 0 Å². The van der Waals surface area contributed by atoms with Crippen LogP contribution in [-0.2, 0) is 0 Å². The topological polar surface area (TPSA) is 20.2 Å². The first kappa shape index (κ1) is 11.1. The summed E-state index contributed by atoms with van der Waals surface area (Å²) in [5, 5.41) is 10.8. The molecule has 0 saturated heterocycles. The minimum Gasteiger partial charge on any atom is -0.392 e. The number of aliphatic hydroxyl groups excluding tert-OH is 1. The van der Waals surface area contributed by atoms with Crippen molar-refractivity contribution in [3.05, 3.63) is 0 Å². The van der Waals surface area contributed by atoms with Crippen LogP contribution in [0.5, 0.6) is 0 Å². The van der Waals surface area contributed by atoms with Crippen molar-refractivity contribution in [2.24, 2.45) is 28.1 Å². The van der Waals surface area contributed by atoms with E-state index >= 15 is 0 Å². The van der Waals surface area contributed by atoms with E-state index in [2.05, 4.69) is 27.7 Å². The van der Waals surface area contributed by atoms with E-state index in [1.54, 1.807) is 0 Å². The van der Waals surface area contributed by atoms with Crippen LogP contribution >= 0.6 is 0 Å². The zero-order chi connectivity index (χ0) is 11.8. The van der Waals surface area contributed by atoms with Gasteiger partial charge in [-0.05, 0) is 53.8 Å². The molecule has 16 heavy (non-hydrogen) atoms. The molecule has 0 aromatic heterocycles. The van der Waals surface area contributed by atoms with Gasteiger partial charge in [0.2, 0.25) is 0 Å². The minimum absolute atomic E-state index is 0.0495. The Labute approximate surface area is 99.6 Å². The van der Waals surface area contributed by atoms with E-state index in [4.69, 9.17) is 0 Å². The molecule has 0 heterocycles. The second-order valence-corrected chi connectivity index (χ2v) is 7.79. The molecule has 92 valence electrons. The molecule has 1 heteroatoms. The highest BCUT2D eigenvalue weighted by molar-refractivity contribution is 5.19. The molecule has 3 rings (SSSR count). The summed E-state index contributed by atoms with van der Waals surface area (Å²) in [5.74, 6) is 1.34. The lowest BCUT2D eigenvalue weighted by atomic mass is 9.63. The summed E-state index contributed by atoms with van der Waals surface area (Å²) in [7, 11) is 0. The Bertz CT molecular complexity index is 321. The summed E-state index contributed by atoms with van der Waals surface area (Å²) in [6, 6.07) is 0. The lowest BCUT2D eigenvalue weighted by molar-refractivity contribution is -0.0578. The average Bonchev–Trinajstić information content (AvgIpc) is 2.47. The molecule has 4 bridgehead atoms. The van der Waals surface area contributed by atoms with E-state index in [1.165, 1.54) is 32.1 Å². The fourth-order valence-electron chi connectivity index (χ4n) is 5.68. The summed E-state index contributed by atoms with van der Waals surface area (Å²) in [4.78, 5) is 0. The fraction of sp³-hybridized carbons (Fsp3) is 1.00. The van der Waals surface area contributed by atoms with Gasteiger partial charge in [-0.15, -0.1) is 0 Å². The smallest absolute Gasteiger partial charge is 0.0635 e. The van der Waals surface area contributed by atoms with Crippen LogP contribution in [0.1, 0.15) is 59.8 Å². The second-order valence-electron chi connectivity index (χ2n) is 7.79. The van der Waals surface area contributed by atoms with Gasteiger partial charge in [-0.1, -0.05) is 34.1 Å². The van der Waals surface area contributed by atoms with E-state index in [0.717, 1.165) is 5.92 Å². The Kier molecular flexibility index (Phi) is 1.98. The van der Waals surface area contributed by atoms with Gasteiger partial charge in [0.1, 0.15) is 0 Å². The van der Waals surface area contributed by atoms with Gasteiger partial charge in [-0.2, -0.15) is 0 Å². The highest BCUT2D eigenvalue weighted by Crippen LogP contribution is 2.74. The van der Waals surface area contributed by atoms with Crippen LogP contribution in [-0.4, -0.2) is 11.2 Å². The molecule has 0 aliphatic heterocycles. The van der Waals surface area contributed by atoms with Crippen LogP contribution in [0.3, 0.4) is 0 Å². The summed E-state index contributed by atoms with van der Waals surface area (Å²) >= 11 is 0. The number of aliphatic hydroxyl groups is 1. The van der Waals surface area contributed by atoms with E-state index in [1.807, 2.05) is 0 Å². The van der Waals surface area contributed by atoms with Gasteiger partial charge in [0, 0.05) is 0 Å². The number of hydrogen-bond donors (Lipinski definition) is 1. The van der Waals surface area contributed by atoms with Crippen molar-refractivity contribution in [3.63, 3.8) is 0 Å².